The maximum absolute atomic E-state index is 12.1. The van der Waals surface area contributed by atoms with Crippen LogP contribution in [0, 0.1) is 5.92 Å². The standard InChI is InChI=1S/C16H28N4O4S/c1-5-24-16(23)13(8-11(2)3)18-14(21)7-6-12(4)19-20-25-9-15(22)17-10-25/h11,13H,5-10H2,1-4H3,(H,17,22)(H,18,21)/b19-12+. The van der Waals surface area contributed by atoms with Gasteiger partial charge in [0.2, 0.25) is 11.8 Å². The molecule has 0 aromatic heterocycles. The Labute approximate surface area is 151 Å². The first-order valence-electron chi connectivity index (χ1n) is 8.46. The van der Waals surface area contributed by atoms with Gasteiger partial charge in [-0.15, -0.1) is 4.47 Å². The molecule has 1 heterocycles. The lowest BCUT2D eigenvalue weighted by Gasteiger charge is -2.19. The van der Waals surface area contributed by atoms with E-state index in [1.165, 1.54) is 0 Å². The van der Waals surface area contributed by atoms with Crippen LogP contribution in [0.4, 0.5) is 0 Å². The van der Waals surface area contributed by atoms with Gasteiger partial charge in [-0.05, 0) is 43.3 Å². The molecule has 1 aliphatic rings. The lowest BCUT2D eigenvalue weighted by Crippen LogP contribution is -2.42. The van der Waals surface area contributed by atoms with Crippen molar-refractivity contribution in [2.75, 3.05) is 18.2 Å². The zero-order chi connectivity index (χ0) is 18.8. The van der Waals surface area contributed by atoms with E-state index in [9.17, 15) is 14.4 Å². The van der Waals surface area contributed by atoms with E-state index in [1.54, 1.807) is 13.8 Å². The number of hydrogen-bond acceptors (Lipinski definition) is 5. The Balaban J connectivity index is 2.47. The lowest BCUT2D eigenvalue weighted by molar-refractivity contribution is -0.147. The van der Waals surface area contributed by atoms with E-state index < -0.39 is 22.7 Å². The van der Waals surface area contributed by atoms with Gasteiger partial charge in [0.05, 0.1) is 18.2 Å². The number of carbonyl (C=O) groups is 3. The molecule has 8 nitrogen and oxygen atoms in total. The van der Waals surface area contributed by atoms with Crippen molar-refractivity contribution in [1.82, 2.24) is 10.6 Å². The number of ether oxygens (including phenoxy) is 1. The molecule has 1 fully saturated rings. The Morgan fingerprint density at radius 2 is 2.08 bits per heavy atom. The van der Waals surface area contributed by atoms with Crippen molar-refractivity contribution in [3.8, 4) is 0 Å². The molecule has 0 aromatic carbocycles. The molecule has 0 aliphatic carbocycles. The van der Waals surface area contributed by atoms with Crippen molar-refractivity contribution >= 4 is 34.2 Å². The maximum atomic E-state index is 12.1. The fourth-order valence-electron chi connectivity index (χ4n) is 2.14. The molecule has 2 unspecified atom stereocenters. The second kappa shape index (κ2) is 11.0. The number of nitrogens with one attached hydrogen (secondary N) is 2. The Morgan fingerprint density at radius 3 is 2.64 bits per heavy atom. The van der Waals surface area contributed by atoms with E-state index in [0.717, 1.165) is 5.71 Å². The van der Waals surface area contributed by atoms with Crippen LogP contribution in [0.15, 0.2) is 9.57 Å². The lowest BCUT2D eigenvalue weighted by atomic mass is 10.0. The highest BCUT2D eigenvalue weighted by Crippen LogP contribution is 2.07. The number of hydrogen-bond donors (Lipinski definition) is 2. The van der Waals surface area contributed by atoms with E-state index in [-0.39, 0.29) is 30.8 Å². The summed E-state index contributed by atoms with van der Waals surface area (Å²) in [6.45, 7) is 7.79. The monoisotopic (exact) mass is 372 g/mol. The van der Waals surface area contributed by atoms with Gasteiger partial charge < -0.3 is 15.4 Å². The summed E-state index contributed by atoms with van der Waals surface area (Å²) in [6, 6.07) is -0.619. The first-order chi connectivity index (χ1) is 11.8. The molecule has 1 rings (SSSR count). The van der Waals surface area contributed by atoms with Gasteiger partial charge in [0.25, 0.3) is 0 Å². The van der Waals surface area contributed by atoms with Crippen LogP contribution in [0.5, 0.6) is 0 Å². The third-order valence-corrected chi connectivity index (χ3v) is 4.77. The van der Waals surface area contributed by atoms with Crippen LogP contribution in [-0.2, 0) is 29.8 Å². The SMILES string of the molecule is CCOC(=O)C(CC(C)C)NC(=O)CC/C(C)=N/N=S1/CNC(=O)C1. The van der Waals surface area contributed by atoms with Gasteiger partial charge in [-0.2, -0.15) is 5.10 Å². The summed E-state index contributed by atoms with van der Waals surface area (Å²) < 4.78 is 9.14. The minimum absolute atomic E-state index is 0.00512. The van der Waals surface area contributed by atoms with Crippen LogP contribution < -0.4 is 10.6 Å². The Morgan fingerprint density at radius 1 is 1.36 bits per heavy atom. The van der Waals surface area contributed by atoms with E-state index >= 15 is 0 Å². The van der Waals surface area contributed by atoms with E-state index in [4.69, 9.17) is 4.74 Å². The van der Waals surface area contributed by atoms with Crippen molar-refractivity contribution in [3.63, 3.8) is 0 Å². The minimum atomic E-state index is -0.619. The van der Waals surface area contributed by atoms with Gasteiger partial charge in [-0.1, -0.05) is 13.8 Å². The minimum Gasteiger partial charge on any atom is -0.464 e. The molecule has 2 atom stereocenters. The second-order valence-corrected chi connectivity index (χ2v) is 7.93. The summed E-state index contributed by atoms with van der Waals surface area (Å²) >= 11 is 0. The average molecular weight is 372 g/mol. The fraction of sp³-hybridized carbons (Fsp3) is 0.750. The summed E-state index contributed by atoms with van der Waals surface area (Å²) in [7, 11) is -0.402. The molecule has 2 N–H and O–H groups in total. The number of amides is 2. The first kappa shape index (κ1) is 21.3. The third kappa shape index (κ3) is 8.76. The van der Waals surface area contributed by atoms with Crippen molar-refractivity contribution in [2.45, 2.75) is 53.0 Å². The molecule has 1 aliphatic heterocycles. The topological polar surface area (TPSA) is 109 Å². The summed E-state index contributed by atoms with van der Waals surface area (Å²) in [5, 5.41) is 9.54. The Hall–Kier alpha value is -1.77. The largest absolute Gasteiger partial charge is 0.464 e. The molecule has 0 saturated carbocycles. The van der Waals surface area contributed by atoms with Gasteiger partial charge >= 0.3 is 5.97 Å². The first-order valence-corrected chi connectivity index (χ1v) is 9.98. The van der Waals surface area contributed by atoms with Gasteiger partial charge in [0.15, 0.2) is 0 Å². The molecule has 9 heteroatoms. The molecule has 0 bridgehead atoms. The average Bonchev–Trinajstić information content (AvgIpc) is 2.95. The van der Waals surface area contributed by atoms with Gasteiger partial charge in [-0.3, -0.25) is 9.59 Å². The predicted molar refractivity (Wildman–Crippen MR) is 98.0 cm³/mol. The fourth-order valence-corrected chi connectivity index (χ4v) is 3.35. The van der Waals surface area contributed by atoms with Crippen molar-refractivity contribution < 1.29 is 19.1 Å². The van der Waals surface area contributed by atoms with Gasteiger partial charge in [0, 0.05) is 12.1 Å². The van der Waals surface area contributed by atoms with E-state index in [2.05, 4.69) is 20.2 Å². The molecule has 0 radical (unpaired) electrons. The second-order valence-electron chi connectivity index (χ2n) is 6.27. The zero-order valence-corrected chi connectivity index (χ0v) is 16.1. The highest BCUT2D eigenvalue weighted by atomic mass is 32.2. The highest BCUT2D eigenvalue weighted by Gasteiger charge is 2.23. The van der Waals surface area contributed by atoms with Crippen LogP contribution in [0.3, 0.4) is 0 Å². The molecule has 0 aromatic rings. The Bertz CT molecular complexity index is 560. The van der Waals surface area contributed by atoms with Gasteiger partial charge in [-0.25, -0.2) is 4.79 Å². The van der Waals surface area contributed by atoms with Crippen LogP contribution in [0.25, 0.3) is 0 Å². The molecule has 1 saturated heterocycles. The summed E-state index contributed by atoms with van der Waals surface area (Å²) in [5.74, 6) is 0.563. The normalized spacial score (nSPS) is 19.0. The quantitative estimate of drug-likeness (QED) is 0.359. The van der Waals surface area contributed by atoms with Crippen molar-refractivity contribution in [2.24, 2.45) is 15.5 Å². The molecule has 2 amide bonds. The molecule has 142 valence electrons. The highest BCUT2D eigenvalue weighted by molar-refractivity contribution is 7.88. The third-order valence-electron chi connectivity index (χ3n) is 3.39. The molecular formula is C16H28N4O4S. The Kier molecular flexibility index (Phi) is 9.33. The van der Waals surface area contributed by atoms with Crippen LogP contribution in [0.1, 0.15) is 47.0 Å². The molecular weight excluding hydrogens is 344 g/mol. The summed E-state index contributed by atoms with van der Waals surface area (Å²) in [6.07, 6.45) is 1.21. The predicted octanol–water partition coefficient (Wildman–Crippen LogP) is 1.13. The van der Waals surface area contributed by atoms with Crippen LogP contribution >= 0.6 is 0 Å². The molecule has 25 heavy (non-hydrogen) atoms. The van der Waals surface area contributed by atoms with Crippen LogP contribution in [0.2, 0.25) is 0 Å². The number of esters is 1. The van der Waals surface area contributed by atoms with Crippen molar-refractivity contribution in [1.29, 1.82) is 0 Å². The number of nitrogens with zero attached hydrogens (tertiary/aromatic N) is 2. The smallest absolute Gasteiger partial charge is 0.328 e. The van der Waals surface area contributed by atoms with Gasteiger partial charge in [0.1, 0.15) is 6.04 Å². The van der Waals surface area contributed by atoms with E-state index in [0.29, 0.717) is 24.5 Å². The number of carbonyl (C=O) groups excluding carboxylic acids is 3. The summed E-state index contributed by atoms with van der Waals surface area (Å²) in [5.41, 5.74) is 0.721. The maximum Gasteiger partial charge on any atom is 0.328 e. The number of rotatable bonds is 9. The summed E-state index contributed by atoms with van der Waals surface area (Å²) in [4.78, 5) is 35.1. The van der Waals surface area contributed by atoms with Crippen LogP contribution in [-0.4, -0.2) is 47.8 Å². The van der Waals surface area contributed by atoms with E-state index in [1.807, 2.05) is 13.8 Å². The van der Waals surface area contributed by atoms with Crippen molar-refractivity contribution in [3.05, 3.63) is 0 Å². The zero-order valence-electron chi connectivity index (χ0n) is 15.3. The molecule has 0 spiro atoms.